The first-order chi connectivity index (χ1) is 9.29. The number of allylic oxidation sites excluding steroid dienone is 1. The first-order valence-electron chi connectivity index (χ1n) is 6.92. The highest BCUT2D eigenvalue weighted by molar-refractivity contribution is 9.10. The topological polar surface area (TPSA) is 12.0 Å². The van der Waals surface area contributed by atoms with Gasteiger partial charge in [0.15, 0.2) is 0 Å². The standard InChI is InChI=1S/C17H16BrN/c18-14-6-4-12-9-15(7-5-11(12)8-14)19-17-10-13-2-1-3-16(13)17/h1,3-9,13,16-17,19H,2,10H2. The number of halogens is 1. The first-order valence-corrected chi connectivity index (χ1v) is 7.71. The monoisotopic (exact) mass is 313 g/mol. The number of benzene rings is 2. The number of nitrogens with one attached hydrogen (secondary N) is 1. The normalized spacial score (nSPS) is 28.2. The second kappa shape index (κ2) is 4.38. The SMILES string of the molecule is Brc1ccc2cc(NC3CC4CC=CC43)ccc2c1. The summed E-state index contributed by atoms with van der Waals surface area (Å²) in [7, 11) is 0. The van der Waals surface area contributed by atoms with E-state index in [1.54, 1.807) is 0 Å². The van der Waals surface area contributed by atoms with E-state index in [0.29, 0.717) is 6.04 Å². The summed E-state index contributed by atoms with van der Waals surface area (Å²) in [4.78, 5) is 0. The van der Waals surface area contributed by atoms with Crippen molar-refractivity contribution in [1.82, 2.24) is 0 Å². The van der Waals surface area contributed by atoms with Crippen LogP contribution in [0.15, 0.2) is 53.0 Å². The molecular weight excluding hydrogens is 298 g/mol. The third kappa shape index (κ3) is 1.99. The molecule has 2 aliphatic rings. The van der Waals surface area contributed by atoms with Crippen LogP contribution in [0.4, 0.5) is 5.69 Å². The van der Waals surface area contributed by atoms with E-state index in [2.05, 4.69) is 69.8 Å². The number of hydrogen-bond acceptors (Lipinski definition) is 1. The Hall–Kier alpha value is -1.28. The van der Waals surface area contributed by atoms with Crippen molar-refractivity contribution in [1.29, 1.82) is 0 Å². The summed E-state index contributed by atoms with van der Waals surface area (Å²) in [5, 5.41) is 6.28. The van der Waals surface area contributed by atoms with E-state index in [4.69, 9.17) is 0 Å². The highest BCUT2D eigenvalue weighted by atomic mass is 79.9. The molecule has 0 spiro atoms. The maximum atomic E-state index is 3.69. The summed E-state index contributed by atoms with van der Waals surface area (Å²) in [6, 6.07) is 13.7. The molecule has 2 aliphatic carbocycles. The molecular formula is C17H16BrN. The van der Waals surface area contributed by atoms with Crippen molar-refractivity contribution in [2.45, 2.75) is 18.9 Å². The smallest absolute Gasteiger partial charge is 0.0348 e. The third-order valence-electron chi connectivity index (χ3n) is 4.52. The lowest BCUT2D eigenvalue weighted by molar-refractivity contribution is 0.218. The van der Waals surface area contributed by atoms with Crippen molar-refractivity contribution < 1.29 is 0 Å². The number of rotatable bonds is 2. The molecule has 0 saturated heterocycles. The fourth-order valence-corrected chi connectivity index (χ4v) is 3.78. The Balaban J connectivity index is 1.58. The molecule has 0 amide bonds. The van der Waals surface area contributed by atoms with Crippen molar-refractivity contribution >= 4 is 32.4 Å². The Labute approximate surface area is 121 Å². The van der Waals surface area contributed by atoms with E-state index in [0.717, 1.165) is 16.3 Å². The van der Waals surface area contributed by atoms with Crippen LogP contribution >= 0.6 is 15.9 Å². The van der Waals surface area contributed by atoms with Gasteiger partial charge in [0.25, 0.3) is 0 Å². The molecule has 96 valence electrons. The molecule has 1 N–H and O–H groups in total. The Bertz CT molecular complexity index is 661. The van der Waals surface area contributed by atoms with E-state index in [9.17, 15) is 0 Å². The molecule has 0 radical (unpaired) electrons. The van der Waals surface area contributed by atoms with Crippen LogP contribution in [0.1, 0.15) is 12.8 Å². The summed E-state index contributed by atoms with van der Waals surface area (Å²) in [6.45, 7) is 0. The van der Waals surface area contributed by atoms with Crippen molar-refractivity contribution in [2.75, 3.05) is 5.32 Å². The van der Waals surface area contributed by atoms with Gasteiger partial charge in [0.2, 0.25) is 0 Å². The average molecular weight is 314 g/mol. The predicted octanol–water partition coefficient (Wildman–Crippen LogP) is 4.98. The van der Waals surface area contributed by atoms with Gasteiger partial charge in [-0.25, -0.2) is 0 Å². The summed E-state index contributed by atoms with van der Waals surface area (Å²) < 4.78 is 1.14. The van der Waals surface area contributed by atoms with Crippen LogP contribution in [-0.4, -0.2) is 6.04 Å². The van der Waals surface area contributed by atoms with Crippen molar-refractivity contribution in [3.05, 3.63) is 53.0 Å². The largest absolute Gasteiger partial charge is 0.382 e. The lowest BCUT2D eigenvalue weighted by Gasteiger charge is -2.41. The van der Waals surface area contributed by atoms with Crippen LogP contribution in [0.5, 0.6) is 0 Å². The van der Waals surface area contributed by atoms with Crippen molar-refractivity contribution in [3.8, 4) is 0 Å². The van der Waals surface area contributed by atoms with Gasteiger partial charge in [-0.1, -0.05) is 40.2 Å². The van der Waals surface area contributed by atoms with E-state index in [1.165, 1.54) is 29.3 Å². The van der Waals surface area contributed by atoms with Crippen LogP contribution in [0.2, 0.25) is 0 Å². The minimum atomic E-state index is 0.636. The molecule has 3 atom stereocenters. The van der Waals surface area contributed by atoms with Gasteiger partial charge in [0.1, 0.15) is 0 Å². The Morgan fingerprint density at radius 1 is 1.05 bits per heavy atom. The van der Waals surface area contributed by atoms with Crippen molar-refractivity contribution in [2.24, 2.45) is 11.8 Å². The molecule has 2 aromatic carbocycles. The zero-order valence-corrected chi connectivity index (χ0v) is 12.2. The van der Waals surface area contributed by atoms with Gasteiger partial charge in [0, 0.05) is 22.1 Å². The number of fused-ring (bicyclic) bond motifs is 2. The summed E-state index contributed by atoms with van der Waals surface area (Å²) >= 11 is 3.52. The molecule has 0 bridgehead atoms. The Kier molecular flexibility index (Phi) is 2.66. The number of hydrogen-bond donors (Lipinski definition) is 1. The number of anilines is 1. The third-order valence-corrected chi connectivity index (χ3v) is 5.01. The molecule has 2 aromatic rings. The van der Waals surface area contributed by atoms with Gasteiger partial charge in [-0.05, 0) is 53.8 Å². The molecule has 2 heteroatoms. The minimum Gasteiger partial charge on any atom is -0.382 e. The van der Waals surface area contributed by atoms with Crippen LogP contribution in [0.25, 0.3) is 10.8 Å². The van der Waals surface area contributed by atoms with E-state index < -0.39 is 0 Å². The summed E-state index contributed by atoms with van der Waals surface area (Å²) in [5.41, 5.74) is 1.25. The quantitative estimate of drug-likeness (QED) is 0.771. The lowest BCUT2D eigenvalue weighted by Crippen LogP contribution is -2.43. The molecule has 1 fully saturated rings. The maximum Gasteiger partial charge on any atom is 0.0348 e. The zero-order valence-electron chi connectivity index (χ0n) is 10.6. The molecule has 0 aliphatic heterocycles. The van der Waals surface area contributed by atoms with Crippen LogP contribution in [0, 0.1) is 11.8 Å². The van der Waals surface area contributed by atoms with Gasteiger partial charge in [0.05, 0.1) is 0 Å². The zero-order chi connectivity index (χ0) is 12.8. The van der Waals surface area contributed by atoms with E-state index in [-0.39, 0.29) is 0 Å². The van der Waals surface area contributed by atoms with Gasteiger partial charge in [-0.3, -0.25) is 0 Å². The molecule has 0 heterocycles. The summed E-state index contributed by atoms with van der Waals surface area (Å²) in [5.74, 6) is 1.68. The first kappa shape index (κ1) is 11.5. The molecule has 19 heavy (non-hydrogen) atoms. The van der Waals surface area contributed by atoms with Crippen LogP contribution < -0.4 is 5.32 Å². The van der Waals surface area contributed by atoms with Crippen molar-refractivity contribution in [3.63, 3.8) is 0 Å². The molecule has 1 nitrogen and oxygen atoms in total. The fraction of sp³-hybridized carbons (Fsp3) is 0.294. The highest BCUT2D eigenvalue weighted by Crippen LogP contribution is 2.44. The van der Waals surface area contributed by atoms with Gasteiger partial charge < -0.3 is 5.32 Å². The minimum absolute atomic E-state index is 0.636. The van der Waals surface area contributed by atoms with Gasteiger partial charge >= 0.3 is 0 Å². The molecule has 1 saturated carbocycles. The molecule has 0 aromatic heterocycles. The molecule has 3 unspecified atom stereocenters. The average Bonchev–Trinajstić information content (AvgIpc) is 2.77. The van der Waals surface area contributed by atoms with E-state index >= 15 is 0 Å². The lowest BCUT2D eigenvalue weighted by atomic mass is 9.71. The second-order valence-electron chi connectivity index (χ2n) is 5.69. The van der Waals surface area contributed by atoms with Gasteiger partial charge in [-0.2, -0.15) is 0 Å². The Morgan fingerprint density at radius 2 is 1.89 bits per heavy atom. The van der Waals surface area contributed by atoms with Crippen LogP contribution in [0.3, 0.4) is 0 Å². The highest BCUT2D eigenvalue weighted by Gasteiger charge is 2.40. The summed E-state index contributed by atoms with van der Waals surface area (Å²) in [6.07, 6.45) is 7.34. The van der Waals surface area contributed by atoms with Gasteiger partial charge in [-0.15, -0.1) is 0 Å². The predicted molar refractivity (Wildman–Crippen MR) is 84.4 cm³/mol. The maximum absolute atomic E-state index is 3.69. The fourth-order valence-electron chi connectivity index (χ4n) is 3.40. The molecule has 4 rings (SSSR count). The second-order valence-corrected chi connectivity index (χ2v) is 6.61. The van der Waals surface area contributed by atoms with E-state index in [1.807, 2.05) is 0 Å². The Morgan fingerprint density at radius 3 is 2.79 bits per heavy atom. The van der Waals surface area contributed by atoms with Crippen LogP contribution in [-0.2, 0) is 0 Å².